The van der Waals surface area contributed by atoms with Crippen LogP contribution in [0.2, 0.25) is 0 Å². The molecule has 2 aliphatic carbocycles. The Morgan fingerprint density at radius 2 is 1.86 bits per heavy atom. The molecule has 4 aliphatic rings. The van der Waals surface area contributed by atoms with Gasteiger partial charge < -0.3 is 15.0 Å². The molecule has 2 heterocycles. The van der Waals surface area contributed by atoms with E-state index in [1.807, 2.05) is 0 Å². The number of hydrogen-bond acceptors (Lipinski definition) is 3. The van der Waals surface area contributed by atoms with Crippen LogP contribution in [0.5, 0.6) is 0 Å². The van der Waals surface area contributed by atoms with Gasteiger partial charge in [-0.25, -0.2) is 4.79 Å². The SMILES string of the molecule is Cc1ccc(C2CC3(CCN(C(=O)C4CC5(COC(=O)N5)C4)CC3)C2)c(C)c1. The van der Waals surface area contributed by atoms with Crippen LogP contribution >= 0.6 is 0 Å². The van der Waals surface area contributed by atoms with E-state index in [2.05, 4.69) is 42.3 Å². The van der Waals surface area contributed by atoms with Gasteiger partial charge in [0.25, 0.3) is 0 Å². The first-order chi connectivity index (χ1) is 13.4. The smallest absolute Gasteiger partial charge is 0.407 e. The average Bonchev–Trinajstić information content (AvgIpc) is 3.01. The first-order valence-corrected chi connectivity index (χ1v) is 10.7. The summed E-state index contributed by atoms with van der Waals surface area (Å²) >= 11 is 0. The number of cyclic esters (lactones) is 1. The summed E-state index contributed by atoms with van der Waals surface area (Å²) in [7, 11) is 0. The minimum Gasteiger partial charge on any atom is -0.447 e. The number of likely N-dealkylation sites (tertiary alicyclic amines) is 1. The number of ether oxygens (including phenoxy) is 1. The van der Waals surface area contributed by atoms with Crippen LogP contribution in [-0.4, -0.2) is 42.1 Å². The van der Waals surface area contributed by atoms with Crippen molar-refractivity contribution in [2.75, 3.05) is 19.7 Å². The van der Waals surface area contributed by atoms with E-state index in [9.17, 15) is 9.59 Å². The van der Waals surface area contributed by atoms with Gasteiger partial charge in [-0.3, -0.25) is 4.79 Å². The van der Waals surface area contributed by atoms with Gasteiger partial charge in [-0.2, -0.15) is 0 Å². The molecule has 1 aromatic rings. The average molecular weight is 383 g/mol. The predicted octanol–water partition coefficient (Wildman–Crippen LogP) is 3.68. The lowest BCUT2D eigenvalue weighted by Gasteiger charge is -2.53. The van der Waals surface area contributed by atoms with Crippen molar-refractivity contribution in [1.82, 2.24) is 10.2 Å². The van der Waals surface area contributed by atoms with Crippen LogP contribution in [0.1, 0.15) is 61.1 Å². The first-order valence-electron chi connectivity index (χ1n) is 10.7. The third-order valence-corrected chi connectivity index (χ3v) is 7.83. The molecule has 2 saturated heterocycles. The highest BCUT2D eigenvalue weighted by atomic mass is 16.6. The summed E-state index contributed by atoms with van der Waals surface area (Å²) in [4.78, 5) is 26.2. The fraction of sp³-hybridized carbons (Fsp3) is 0.652. The third kappa shape index (κ3) is 2.90. The third-order valence-electron chi connectivity index (χ3n) is 7.83. The number of alkyl carbamates (subject to hydrolysis) is 1. The fourth-order valence-electron chi connectivity index (χ4n) is 6.13. The predicted molar refractivity (Wildman–Crippen MR) is 106 cm³/mol. The maximum atomic E-state index is 12.9. The molecule has 5 heteroatoms. The van der Waals surface area contributed by atoms with Crippen molar-refractivity contribution in [2.24, 2.45) is 11.3 Å². The number of hydrogen-bond donors (Lipinski definition) is 1. The van der Waals surface area contributed by atoms with Crippen molar-refractivity contribution in [3.8, 4) is 0 Å². The number of piperidine rings is 1. The maximum absolute atomic E-state index is 12.9. The summed E-state index contributed by atoms with van der Waals surface area (Å²) < 4.78 is 5.02. The zero-order valence-corrected chi connectivity index (χ0v) is 16.9. The first kappa shape index (κ1) is 18.0. The van der Waals surface area contributed by atoms with Crippen LogP contribution in [0.4, 0.5) is 4.79 Å². The van der Waals surface area contributed by atoms with E-state index in [4.69, 9.17) is 4.74 Å². The standard InChI is InChI=1S/C23H30N2O3/c1-15-3-4-19(16(2)9-15)17-10-22(11-17)5-7-25(8-6-22)20(26)18-12-23(13-18)14-28-21(27)24-23/h3-4,9,17-18H,5-8,10-14H2,1-2H3,(H,24,27). The summed E-state index contributed by atoms with van der Waals surface area (Å²) in [6, 6.07) is 6.85. The van der Waals surface area contributed by atoms with Crippen LogP contribution in [-0.2, 0) is 9.53 Å². The highest BCUT2D eigenvalue weighted by Crippen LogP contribution is 2.57. The number of rotatable bonds is 2. The maximum Gasteiger partial charge on any atom is 0.407 e. The quantitative estimate of drug-likeness (QED) is 0.849. The van der Waals surface area contributed by atoms with E-state index in [1.54, 1.807) is 0 Å². The molecule has 4 fully saturated rings. The van der Waals surface area contributed by atoms with Gasteiger partial charge in [0.1, 0.15) is 6.61 Å². The summed E-state index contributed by atoms with van der Waals surface area (Å²) in [6.07, 6.45) is 5.94. The van der Waals surface area contributed by atoms with Crippen molar-refractivity contribution < 1.29 is 14.3 Å². The summed E-state index contributed by atoms with van der Waals surface area (Å²) in [5, 5.41) is 2.88. The number of aryl methyl sites for hydroxylation is 2. The molecule has 2 spiro atoms. The second kappa shape index (κ2) is 6.23. The van der Waals surface area contributed by atoms with E-state index in [0.29, 0.717) is 17.9 Å². The number of carbonyl (C=O) groups excluding carboxylic acids is 2. The molecular weight excluding hydrogens is 352 g/mol. The molecule has 1 N–H and O–H groups in total. The molecule has 2 amide bonds. The van der Waals surface area contributed by atoms with E-state index < -0.39 is 0 Å². The molecule has 5 nitrogen and oxygen atoms in total. The van der Waals surface area contributed by atoms with E-state index >= 15 is 0 Å². The summed E-state index contributed by atoms with van der Waals surface area (Å²) in [5.74, 6) is 1.03. The monoisotopic (exact) mass is 382 g/mol. The van der Waals surface area contributed by atoms with E-state index in [1.165, 1.54) is 29.5 Å². The number of nitrogens with zero attached hydrogens (tertiary/aromatic N) is 1. The lowest BCUT2D eigenvalue weighted by molar-refractivity contribution is -0.144. The zero-order valence-electron chi connectivity index (χ0n) is 16.9. The molecule has 0 unspecified atom stereocenters. The van der Waals surface area contributed by atoms with Gasteiger partial charge in [-0.1, -0.05) is 23.8 Å². The van der Waals surface area contributed by atoms with Crippen LogP contribution in [0.25, 0.3) is 0 Å². The van der Waals surface area contributed by atoms with Gasteiger partial charge in [-0.15, -0.1) is 0 Å². The van der Waals surface area contributed by atoms with E-state index in [-0.39, 0.29) is 23.5 Å². The zero-order chi connectivity index (χ0) is 19.5. The van der Waals surface area contributed by atoms with Crippen LogP contribution in [0.3, 0.4) is 0 Å². The fourth-order valence-corrected chi connectivity index (χ4v) is 6.13. The van der Waals surface area contributed by atoms with Gasteiger partial charge >= 0.3 is 6.09 Å². The van der Waals surface area contributed by atoms with Gasteiger partial charge in [-0.05, 0) is 74.8 Å². The summed E-state index contributed by atoms with van der Waals surface area (Å²) in [6.45, 7) is 6.59. The Balaban J connectivity index is 1.13. The molecule has 28 heavy (non-hydrogen) atoms. The molecule has 2 saturated carbocycles. The molecule has 5 rings (SSSR count). The second-order valence-electron chi connectivity index (χ2n) is 9.88. The van der Waals surface area contributed by atoms with Crippen LogP contribution < -0.4 is 5.32 Å². The highest BCUT2D eigenvalue weighted by molar-refractivity contribution is 5.81. The Hall–Kier alpha value is -2.04. The molecule has 0 atom stereocenters. The normalized spacial score (nSPS) is 27.9. The van der Waals surface area contributed by atoms with Gasteiger partial charge in [0, 0.05) is 19.0 Å². The number of amides is 2. The summed E-state index contributed by atoms with van der Waals surface area (Å²) in [5.41, 5.74) is 4.47. The van der Waals surface area contributed by atoms with Crippen molar-refractivity contribution in [3.05, 3.63) is 34.9 Å². The molecule has 1 aromatic carbocycles. The molecule has 0 aromatic heterocycles. The second-order valence-corrected chi connectivity index (χ2v) is 9.88. The lowest BCUT2D eigenvalue weighted by atomic mass is 9.55. The minimum absolute atomic E-state index is 0.0559. The largest absolute Gasteiger partial charge is 0.447 e. The minimum atomic E-state index is -0.339. The van der Waals surface area contributed by atoms with Gasteiger partial charge in [0.2, 0.25) is 5.91 Å². The molecule has 2 aliphatic heterocycles. The Kier molecular flexibility index (Phi) is 4.01. The van der Waals surface area contributed by atoms with E-state index in [0.717, 1.165) is 38.8 Å². The van der Waals surface area contributed by atoms with Crippen molar-refractivity contribution in [3.63, 3.8) is 0 Å². The molecule has 0 radical (unpaired) electrons. The molecule has 0 bridgehead atoms. The Bertz CT molecular complexity index is 811. The van der Waals surface area contributed by atoms with Gasteiger partial charge in [0.05, 0.1) is 5.54 Å². The topological polar surface area (TPSA) is 58.6 Å². The lowest BCUT2D eigenvalue weighted by Crippen LogP contribution is -2.59. The number of benzene rings is 1. The highest BCUT2D eigenvalue weighted by Gasteiger charge is 2.54. The van der Waals surface area contributed by atoms with Crippen LogP contribution in [0.15, 0.2) is 18.2 Å². The molecular formula is C23H30N2O3. The van der Waals surface area contributed by atoms with Gasteiger partial charge in [0.15, 0.2) is 0 Å². The number of carbonyl (C=O) groups is 2. The molecule has 150 valence electrons. The van der Waals surface area contributed by atoms with Crippen molar-refractivity contribution in [2.45, 2.75) is 63.8 Å². The Labute approximate surface area is 166 Å². The Morgan fingerprint density at radius 3 is 2.46 bits per heavy atom. The Morgan fingerprint density at radius 1 is 1.14 bits per heavy atom. The van der Waals surface area contributed by atoms with Crippen LogP contribution in [0, 0.1) is 25.2 Å². The van der Waals surface area contributed by atoms with Crippen molar-refractivity contribution >= 4 is 12.0 Å². The van der Waals surface area contributed by atoms with Crippen molar-refractivity contribution in [1.29, 1.82) is 0 Å². The number of nitrogens with one attached hydrogen (secondary N) is 1.